The van der Waals surface area contributed by atoms with Gasteiger partial charge in [-0.25, -0.2) is 0 Å². The Morgan fingerprint density at radius 2 is 1.81 bits per heavy atom. The Labute approximate surface area is 126 Å². The Morgan fingerprint density at radius 3 is 2.43 bits per heavy atom. The van der Waals surface area contributed by atoms with Crippen LogP contribution in [0.3, 0.4) is 0 Å². The number of carbonyl (C=O) groups is 1. The van der Waals surface area contributed by atoms with Crippen LogP contribution in [0, 0.1) is 11.8 Å². The molecule has 0 radical (unpaired) electrons. The van der Waals surface area contributed by atoms with Gasteiger partial charge >= 0.3 is 0 Å². The second kappa shape index (κ2) is 6.71. The van der Waals surface area contributed by atoms with Gasteiger partial charge in [0.25, 0.3) is 0 Å². The molecular weight excluding hydrogens is 264 g/mol. The summed E-state index contributed by atoms with van der Waals surface area (Å²) in [5.74, 6) is 1.16. The second-order valence-corrected chi connectivity index (χ2v) is 6.56. The van der Waals surface area contributed by atoms with Gasteiger partial charge in [0.2, 0.25) is 0 Å². The molecule has 0 amide bonds. The van der Waals surface area contributed by atoms with E-state index in [1.54, 1.807) is 0 Å². The molecule has 1 N–H and O–H groups in total. The van der Waals surface area contributed by atoms with Crippen LogP contribution in [0.5, 0.6) is 0 Å². The van der Waals surface area contributed by atoms with Gasteiger partial charge in [0, 0.05) is 0 Å². The first kappa shape index (κ1) is 14.7. The van der Waals surface area contributed by atoms with E-state index in [9.17, 15) is 9.90 Å². The van der Waals surface area contributed by atoms with E-state index in [-0.39, 0.29) is 25.1 Å². The second-order valence-electron chi connectivity index (χ2n) is 6.56. The maximum atomic E-state index is 12.3. The largest absolute Gasteiger partial charge is 0.395 e. The highest BCUT2D eigenvalue weighted by Gasteiger charge is 2.35. The Bertz CT molecular complexity index is 459. The van der Waals surface area contributed by atoms with E-state index in [1.807, 2.05) is 30.3 Å². The van der Waals surface area contributed by atoms with Crippen molar-refractivity contribution in [2.24, 2.45) is 11.8 Å². The van der Waals surface area contributed by atoms with Crippen LogP contribution in [-0.2, 0) is 9.53 Å². The summed E-state index contributed by atoms with van der Waals surface area (Å²) in [6.45, 7) is -0.0215. The highest BCUT2D eigenvalue weighted by atomic mass is 16.5. The van der Waals surface area contributed by atoms with Crippen molar-refractivity contribution in [3.63, 3.8) is 0 Å². The number of benzene rings is 1. The zero-order valence-electron chi connectivity index (χ0n) is 12.4. The van der Waals surface area contributed by atoms with Crippen LogP contribution in [0.2, 0.25) is 0 Å². The minimum atomic E-state index is -0.452. The van der Waals surface area contributed by atoms with Gasteiger partial charge in [-0.2, -0.15) is 0 Å². The summed E-state index contributed by atoms with van der Waals surface area (Å²) in [6.07, 6.45) is 6.49. The minimum Gasteiger partial charge on any atom is -0.395 e. The third-order valence-corrected chi connectivity index (χ3v) is 5.08. The number of aliphatic hydroxyl groups excluding tert-OH is 1. The van der Waals surface area contributed by atoms with Gasteiger partial charge in [-0.15, -0.1) is 0 Å². The number of hydrogen-bond donors (Lipinski definition) is 1. The lowest BCUT2D eigenvalue weighted by atomic mass is 9.87. The SMILES string of the molecule is O=C(COC1CC2CCC(C2)C1)[C@H](CO)c1ccccc1. The van der Waals surface area contributed by atoms with Crippen LogP contribution in [0.1, 0.15) is 43.6 Å². The molecule has 0 saturated heterocycles. The summed E-state index contributed by atoms with van der Waals surface area (Å²) < 4.78 is 5.87. The van der Waals surface area contributed by atoms with Crippen molar-refractivity contribution in [1.82, 2.24) is 0 Å². The topological polar surface area (TPSA) is 46.5 Å². The molecule has 1 aromatic carbocycles. The Morgan fingerprint density at radius 1 is 1.14 bits per heavy atom. The van der Waals surface area contributed by atoms with Crippen molar-refractivity contribution < 1.29 is 14.6 Å². The first-order valence-electron chi connectivity index (χ1n) is 8.06. The number of aliphatic hydroxyl groups is 1. The number of carbonyl (C=O) groups excluding carboxylic acids is 1. The average molecular weight is 288 g/mol. The molecule has 2 bridgehead atoms. The molecule has 0 aliphatic heterocycles. The van der Waals surface area contributed by atoms with Gasteiger partial charge in [0.15, 0.2) is 5.78 Å². The Hall–Kier alpha value is -1.19. The van der Waals surface area contributed by atoms with Crippen LogP contribution in [-0.4, -0.2) is 30.2 Å². The van der Waals surface area contributed by atoms with Crippen molar-refractivity contribution in [3.8, 4) is 0 Å². The van der Waals surface area contributed by atoms with Crippen molar-refractivity contribution in [3.05, 3.63) is 35.9 Å². The highest BCUT2D eigenvalue weighted by molar-refractivity contribution is 5.87. The molecule has 21 heavy (non-hydrogen) atoms. The zero-order valence-corrected chi connectivity index (χ0v) is 12.4. The lowest BCUT2D eigenvalue weighted by Gasteiger charge is -2.28. The molecule has 0 spiro atoms. The van der Waals surface area contributed by atoms with E-state index >= 15 is 0 Å². The molecule has 2 aliphatic carbocycles. The number of ether oxygens (including phenoxy) is 1. The molecule has 3 nitrogen and oxygen atoms in total. The van der Waals surface area contributed by atoms with E-state index in [2.05, 4.69) is 0 Å². The summed E-state index contributed by atoms with van der Waals surface area (Å²) in [5, 5.41) is 9.50. The van der Waals surface area contributed by atoms with Crippen molar-refractivity contribution in [2.75, 3.05) is 13.2 Å². The van der Waals surface area contributed by atoms with Crippen LogP contribution in [0.25, 0.3) is 0 Å². The lowest BCUT2D eigenvalue weighted by molar-refractivity contribution is -0.129. The van der Waals surface area contributed by atoms with Crippen LogP contribution < -0.4 is 0 Å². The number of fused-ring (bicyclic) bond motifs is 2. The summed E-state index contributed by atoms with van der Waals surface area (Å²) in [5.41, 5.74) is 0.873. The third kappa shape index (κ3) is 3.53. The Kier molecular flexibility index (Phi) is 4.71. The average Bonchev–Trinajstić information content (AvgIpc) is 2.86. The number of Topliss-reactive ketones (excluding diaryl/α,β-unsaturated/α-hetero) is 1. The molecule has 1 aromatic rings. The third-order valence-electron chi connectivity index (χ3n) is 5.08. The molecule has 0 heterocycles. The molecule has 3 atom stereocenters. The monoisotopic (exact) mass is 288 g/mol. The van der Waals surface area contributed by atoms with E-state index in [0.717, 1.165) is 30.2 Å². The number of rotatable bonds is 6. The molecule has 0 aromatic heterocycles. The molecule has 3 rings (SSSR count). The van der Waals surface area contributed by atoms with Gasteiger partial charge in [-0.3, -0.25) is 4.79 Å². The van der Waals surface area contributed by atoms with Crippen LogP contribution in [0.4, 0.5) is 0 Å². The quantitative estimate of drug-likeness (QED) is 0.875. The van der Waals surface area contributed by atoms with Crippen LogP contribution in [0.15, 0.2) is 30.3 Å². The fraction of sp³-hybridized carbons (Fsp3) is 0.611. The Balaban J connectivity index is 1.53. The van der Waals surface area contributed by atoms with E-state index in [4.69, 9.17) is 4.74 Å². The smallest absolute Gasteiger partial charge is 0.168 e. The molecule has 2 unspecified atom stereocenters. The fourth-order valence-corrected chi connectivity index (χ4v) is 3.96. The van der Waals surface area contributed by atoms with Gasteiger partial charge in [-0.1, -0.05) is 43.2 Å². The van der Waals surface area contributed by atoms with E-state index < -0.39 is 5.92 Å². The summed E-state index contributed by atoms with van der Waals surface area (Å²) in [6, 6.07) is 9.48. The molecule has 3 heteroatoms. The van der Waals surface area contributed by atoms with Gasteiger partial charge in [-0.05, 0) is 36.7 Å². The minimum absolute atomic E-state index is 0.0124. The summed E-state index contributed by atoms with van der Waals surface area (Å²) >= 11 is 0. The number of ketones is 1. The van der Waals surface area contributed by atoms with Crippen molar-refractivity contribution >= 4 is 5.78 Å². The molecule has 114 valence electrons. The summed E-state index contributed by atoms with van der Waals surface area (Å²) in [4.78, 5) is 12.3. The fourth-order valence-electron chi connectivity index (χ4n) is 3.96. The van der Waals surface area contributed by atoms with Gasteiger partial charge in [0.1, 0.15) is 6.61 Å². The maximum absolute atomic E-state index is 12.3. The number of hydrogen-bond acceptors (Lipinski definition) is 3. The van der Waals surface area contributed by atoms with Gasteiger partial charge < -0.3 is 9.84 Å². The normalized spacial score (nSPS) is 29.3. The van der Waals surface area contributed by atoms with Gasteiger partial charge in [0.05, 0.1) is 18.6 Å². The first-order chi connectivity index (χ1) is 10.3. The van der Waals surface area contributed by atoms with Crippen LogP contribution >= 0.6 is 0 Å². The van der Waals surface area contributed by atoms with Crippen molar-refractivity contribution in [2.45, 2.75) is 44.1 Å². The lowest BCUT2D eigenvalue weighted by Crippen LogP contribution is -2.28. The highest BCUT2D eigenvalue weighted by Crippen LogP contribution is 2.42. The molecular formula is C18H24O3. The first-order valence-corrected chi connectivity index (χ1v) is 8.06. The van der Waals surface area contributed by atoms with Crippen molar-refractivity contribution in [1.29, 1.82) is 0 Å². The molecule has 2 fully saturated rings. The predicted molar refractivity (Wildman–Crippen MR) is 81.1 cm³/mol. The molecule has 2 aliphatic rings. The maximum Gasteiger partial charge on any atom is 0.168 e. The molecule has 2 saturated carbocycles. The summed E-state index contributed by atoms with van der Waals surface area (Å²) in [7, 11) is 0. The zero-order chi connectivity index (χ0) is 14.7. The van der Waals surface area contributed by atoms with E-state index in [1.165, 1.54) is 19.3 Å². The predicted octanol–water partition coefficient (Wildman–Crippen LogP) is 2.93. The van der Waals surface area contributed by atoms with E-state index in [0.29, 0.717) is 0 Å². The standard InChI is InChI=1S/C18H24O3/c19-11-17(15-4-2-1-3-5-15)18(20)12-21-16-9-13-6-7-14(8-13)10-16/h1-5,13-14,16-17,19H,6-12H2/t13?,14?,16?,17-/m1/s1.